The van der Waals surface area contributed by atoms with Crippen molar-refractivity contribution in [1.29, 1.82) is 0 Å². The largest absolute Gasteiger partial charge is 0.481 e. The van der Waals surface area contributed by atoms with Crippen LogP contribution in [0.3, 0.4) is 0 Å². The van der Waals surface area contributed by atoms with E-state index in [2.05, 4.69) is 19.9 Å². The fraction of sp³-hybridized carbons (Fsp3) is 0.696. The predicted octanol–water partition coefficient (Wildman–Crippen LogP) is 4.27. The third kappa shape index (κ3) is 3.31. The lowest BCUT2D eigenvalue weighted by Gasteiger charge is -2.57. The number of hydrogen-bond donors (Lipinski definition) is 2. The molecule has 0 saturated heterocycles. The lowest BCUT2D eigenvalue weighted by atomic mass is 9.48. The van der Waals surface area contributed by atoms with Gasteiger partial charge in [-0.15, -0.1) is 0 Å². The minimum absolute atomic E-state index is 0.0668. The second-order valence-electron chi connectivity index (χ2n) is 9.68. The first-order valence-corrected chi connectivity index (χ1v) is 10.8. The van der Waals surface area contributed by atoms with Crippen LogP contribution in [0.1, 0.15) is 66.2 Å². The Morgan fingerprint density at radius 2 is 1.69 bits per heavy atom. The van der Waals surface area contributed by atoms with Gasteiger partial charge in [0.25, 0.3) is 5.97 Å². The maximum absolute atomic E-state index is 12.2. The fourth-order valence-electron chi connectivity index (χ4n) is 6.67. The Kier molecular flexibility index (Phi) is 5.63. The van der Waals surface area contributed by atoms with Crippen LogP contribution >= 0.6 is 11.6 Å². The molecule has 2 N–H and O–H groups in total. The van der Waals surface area contributed by atoms with Gasteiger partial charge in [-0.05, 0) is 73.8 Å². The van der Waals surface area contributed by atoms with E-state index >= 15 is 0 Å². The van der Waals surface area contributed by atoms with Gasteiger partial charge in [0.1, 0.15) is 5.60 Å². The maximum Gasteiger partial charge on any atom is 0.300 e. The summed E-state index contributed by atoms with van der Waals surface area (Å²) >= 11 is 6.65. The summed E-state index contributed by atoms with van der Waals surface area (Å²) in [5.41, 5.74) is -0.643. The topological polar surface area (TPSA) is 91.7 Å². The van der Waals surface area contributed by atoms with Gasteiger partial charge in [-0.2, -0.15) is 0 Å². The second kappa shape index (κ2) is 7.35. The Bertz CT molecular complexity index is 810. The number of aliphatic hydroxyl groups is 1. The van der Waals surface area contributed by atoms with Crippen LogP contribution < -0.4 is 0 Å². The molecule has 29 heavy (non-hydrogen) atoms. The first kappa shape index (κ1) is 22.2. The number of carboxylic acids is 1. The third-order valence-electron chi connectivity index (χ3n) is 8.29. The Morgan fingerprint density at radius 1 is 1.10 bits per heavy atom. The minimum atomic E-state index is -1.21. The van der Waals surface area contributed by atoms with Crippen LogP contribution in [-0.4, -0.2) is 33.3 Å². The number of allylic oxidation sites excluding steroid dienone is 4. The zero-order valence-corrected chi connectivity index (χ0v) is 18.4. The Morgan fingerprint density at radius 3 is 2.28 bits per heavy atom. The zero-order valence-electron chi connectivity index (χ0n) is 17.6. The monoisotopic (exact) mass is 422 g/mol. The van der Waals surface area contributed by atoms with Gasteiger partial charge >= 0.3 is 0 Å². The van der Waals surface area contributed by atoms with E-state index in [1.54, 1.807) is 6.08 Å². The molecule has 0 aliphatic heterocycles. The number of ketones is 2. The number of carbonyl (C=O) groups excluding carboxylic acids is 2. The minimum Gasteiger partial charge on any atom is -0.481 e. The summed E-state index contributed by atoms with van der Waals surface area (Å²) in [5, 5.41) is 19.3. The molecule has 4 aliphatic rings. The number of Topliss-reactive ketones (excluding diaryl/α,β-unsaturated/α-hetero) is 1. The highest BCUT2D eigenvalue weighted by Gasteiger charge is 2.65. The van der Waals surface area contributed by atoms with Crippen LogP contribution in [0.5, 0.6) is 0 Å². The van der Waals surface area contributed by atoms with Gasteiger partial charge in [0.15, 0.2) is 11.6 Å². The summed E-state index contributed by atoms with van der Waals surface area (Å²) in [5.74, 6) is 0.212. The zero-order chi connectivity index (χ0) is 21.8. The number of halogens is 1. The van der Waals surface area contributed by atoms with Crippen molar-refractivity contribution >= 4 is 29.1 Å². The maximum atomic E-state index is 12.2. The SMILES string of the molecule is CC(=O)O.CC(=O)[C@@]1(O)CC[C@H]2[C@@H]3C=C(Cl)C4=CC(=O)CC[C@]4(C)[C@H]3CC[C@@]21C. The number of aliphatic carboxylic acids is 1. The number of rotatable bonds is 1. The van der Waals surface area contributed by atoms with Crippen LogP contribution in [0.15, 0.2) is 22.8 Å². The average Bonchev–Trinajstić information content (AvgIpc) is 2.89. The number of hydrogen-bond acceptors (Lipinski definition) is 4. The summed E-state index contributed by atoms with van der Waals surface area (Å²) in [4.78, 5) is 33.2. The highest BCUT2D eigenvalue weighted by Crippen LogP contribution is 2.67. The molecule has 0 aromatic heterocycles. The van der Waals surface area contributed by atoms with Crippen molar-refractivity contribution in [2.45, 2.75) is 71.8 Å². The van der Waals surface area contributed by atoms with E-state index in [-0.39, 0.29) is 34.2 Å². The molecule has 0 heterocycles. The fourth-order valence-corrected chi connectivity index (χ4v) is 7.08. The molecule has 5 nitrogen and oxygen atoms in total. The second-order valence-corrected chi connectivity index (χ2v) is 10.1. The van der Waals surface area contributed by atoms with Crippen LogP contribution in [-0.2, 0) is 14.4 Å². The molecule has 0 aromatic carbocycles. The summed E-state index contributed by atoms with van der Waals surface area (Å²) < 4.78 is 0. The van der Waals surface area contributed by atoms with Gasteiger partial charge in [-0.1, -0.05) is 31.5 Å². The predicted molar refractivity (Wildman–Crippen MR) is 110 cm³/mol. The molecular weight excluding hydrogens is 392 g/mol. The van der Waals surface area contributed by atoms with Crippen LogP contribution in [0, 0.1) is 28.6 Å². The summed E-state index contributed by atoms with van der Waals surface area (Å²) in [6.07, 6.45) is 8.57. The molecule has 2 fully saturated rings. The quantitative estimate of drug-likeness (QED) is 0.658. The first-order valence-electron chi connectivity index (χ1n) is 10.4. The van der Waals surface area contributed by atoms with Crippen molar-refractivity contribution in [2.75, 3.05) is 0 Å². The van der Waals surface area contributed by atoms with Gasteiger partial charge in [0.2, 0.25) is 0 Å². The standard InChI is InChI=1S/C21H27ClO3.C2H4O2/c1-12(23)21(25)9-6-16-14-11-18(22)17-10-13(24)4-7-19(17,2)15(14)5-8-20(16,21)3;1-2(3)4/h10-11,14-16,25H,4-9H2,1-3H3;1H3,(H,3,4)/t14-,15+,16+,19-,20+,21+;/m1./s1. The van der Waals surface area contributed by atoms with Crippen molar-refractivity contribution in [3.8, 4) is 0 Å². The van der Waals surface area contributed by atoms with E-state index in [4.69, 9.17) is 21.5 Å². The van der Waals surface area contributed by atoms with E-state index < -0.39 is 11.6 Å². The number of carbonyl (C=O) groups is 3. The Balaban J connectivity index is 0.000000552. The molecule has 6 heteroatoms. The highest BCUT2D eigenvalue weighted by molar-refractivity contribution is 6.32. The van der Waals surface area contributed by atoms with Crippen LogP contribution in [0.2, 0.25) is 0 Å². The van der Waals surface area contributed by atoms with Gasteiger partial charge < -0.3 is 10.2 Å². The lowest BCUT2D eigenvalue weighted by Crippen LogP contribution is -2.56. The molecular formula is C23H31ClO5. The Hall–Kier alpha value is -1.46. The number of fused-ring (bicyclic) bond motifs is 5. The van der Waals surface area contributed by atoms with Crippen LogP contribution in [0.25, 0.3) is 0 Å². The third-order valence-corrected chi connectivity index (χ3v) is 8.62. The van der Waals surface area contributed by atoms with E-state index in [9.17, 15) is 14.7 Å². The molecule has 0 aromatic rings. The average molecular weight is 423 g/mol. The van der Waals surface area contributed by atoms with E-state index in [1.165, 1.54) is 6.92 Å². The molecule has 0 spiro atoms. The molecule has 4 rings (SSSR count). The van der Waals surface area contributed by atoms with Gasteiger partial charge in [0.05, 0.1) is 0 Å². The van der Waals surface area contributed by atoms with Gasteiger partial charge in [-0.25, -0.2) is 0 Å². The van der Waals surface area contributed by atoms with Crippen molar-refractivity contribution in [3.05, 3.63) is 22.8 Å². The molecule has 160 valence electrons. The Labute approximate surface area is 177 Å². The molecule has 0 amide bonds. The highest BCUT2D eigenvalue weighted by atomic mass is 35.5. The van der Waals surface area contributed by atoms with Gasteiger partial charge in [0, 0.05) is 23.8 Å². The van der Waals surface area contributed by atoms with Crippen molar-refractivity contribution in [2.24, 2.45) is 28.6 Å². The molecule has 0 bridgehead atoms. The van der Waals surface area contributed by atoms with Crippen molar-refractivity contribution < 1.29 is 24.6 Å². The molecule has 2 saturated carbocycles. The smallest absolute Gasteiger partial charge is 0.300 e. The van der Waals surface area contributed by atoms with Crippen molar-refractivity contribution in [1.82, 2.24) is 0 Å². The van der Waals surface area contributed by atoms with E-state index in [1.807, 2.05) is 0 Å². The summed E-state index contributed by atoms with van der Waals surface area (Å²) in [6, 6.07) is 0. The van der Waals surface area contributed by atoms with Gasteiger partial charge in [-0.3, -0.25) is 14.4 Å². The summed E-state index contributed by atoms with van der Waals surface area (Å²) in [6.45, 7) is 6.97. The van der Waals surface area contributed by atoms with Crippen molar-refractivity contribution in [3.63, 3.8) is 0 Å². The molecule has 0 radical (unpaired) electrons. The van der Waals surface area contributed by atoms with E-state index in [0.717, 1.165) is 38.2 Å². The lowest BCUT2D eigenvalue weighted by molar-refractivity contribution is -0.156. The molecule has 4 aliphatic carbocycles. The normalized spacial score (nSPS) is 43.0. The number of carboxylic acid groups (broad SMARTS) is 1. The van der Waals surface area contributed by atoms with E-state index in [0.29, 0.717) is 23.8 Å². The van der Waals surface area contributed by atoms with Crippen LogP contribution in [0.4, 0.5) is 0 Å². The molecule has 0 unspecified atom stereocenters. The molecule has 6 atom stereocenters. The summed E-state index contributed by atoms with van der Waals surface area (Å²) in [7, 11) is 0. The first-order chi connectivity index (χ1) is 13.4.